The molecule has 6 nitrogen and oxygen atoms in total. The van der Waals surface area contributed by atoms with Gasteiger partial charge >= 0.3 is 11.9 Å². The van der Waals surface area contributed by atoms with Crippen molar-refractivity contribution in [3.63, 3.8) is 0 Å². The number of ether oxygens (including phenoxy) is 2. The van der Waals surface area contributed by atoms with Gasteiger partial charge in [-0.2, -0.15) is 0 Å². The molecule has 0 amide bonds. The average Bonchev–Trinajstić information content (AvgIpc) is 2.55. The van der Waals surface area contributed by atoms with Crippen LogP contribution in [-0.2, 0) is 20.7 Å². The smallest absolute Gasteiger partial charge is 0.322 e. The van der Waals surface area contributed by atoms with Crippen molar-refractivity contribution >= 4 is 11.9 Å². The van der Waals surface area contributed by atoms with Gasteiger partial charge < -0.3 is 20.9 Å². The Morgan fingerprint density at radius 2 is 1.87 bits per heavy atom. The fraction of sp³-hybridized carbons (Fsp3) is 0.529. The van der Waals surface area contributed by atoms with Crippen LogP contribution in [-0.4, -0.2) is 31.6 Å². The molecule has 0 fully saturated rings. The lowest BCUT2D eigenvalue weighted by Crippen LogP contribution is -2.33. The van der Waals surface area contributed by atoms with Crippen LogP contribution in [0.25, 0.3) is 0 Å². The van der Waals surface area contributed by atoms with Gasteiger partial charge in [0, 0.05) is 6.42 Å². The summed E-state index contributed by atoms with van der Waals surface area (Å²) in [4.78, 5) is 23.0. The second kappa shape index (κ2) is 9.97. The molecule has 1 aromatic carbocycles. The average molecular weight is 322 g/mol. The maximum atomic E-state index is 11.7. The van der Waals surface area contributed by atoms with Crippen molar-refractivity contribution in [2.45, 2.75) is 38.6 Å². The Morgan fingerprint density at radius 3 is 2.43 bits per heavy atom. The number of esters is 2. The molecular weight excluding hydrogens is 296 g/mol. The molecule has 0 aromatic heterocycles. The van der Waals surface area contributed by atoms with Crippen LogP contribution in [0, 0.1) is 5.92 Å². The molecule has 1 rings (SSSR count). The van der Waals surface area contributed by atoms with Crippen molar-refractivity contribution in [3.8, 4) is 5.75 Å². The molecule has 0 aliphatic carbocycles. The molecule has 23 heavy (non-hydrogen) atoms. The Morgan fingerprint density at radius 1 is 1.22 bits per heavy atom. The van der Waals surface area contributed by atoms with Crippen LogP contribution >= 0.6 is 0 Å². The number of rotatable bonds is 9. The van der Waals surface area contributed by atoms with E-state index in [1.807, 2.05) is 0 Å². The largest absolute Gasteiger partial charge is 0.468 e. The van der Waals surface area contributed by atoms with Gasteiger partial charge in [-0.15, -0.1) is 0 Å². The second-order valence-electron chi connectivity index (χ2n) is 5.68. The SMILES string of the molecule is COC(=O)[C@@H](N)Cc1ccc(OC(=O)CCCC(C)CN)cc1. The molecule has 0 heterocycles. The van der Waals surface area contributed by atoms with Gasteiger partial charge in [-0.25, -0.2) is 0 Å². The van der Waals surface area contributed by atoms with Gasteiger partial charge in [0.1, 0.15) is 11.8 Å². The molecule has 0 bridgehead atoms. The summed E-state index contributed by atoms with van der Waals surface area (Å²) in [5.74, 6) is 0.193. The third-order valence-corrected chi connectivity index (χ3v) is 3.59. The fourth-order valence-corrected chi connectivity index (χ4v) is 2.08. The number of hydrogen-bond donors (Lipinski definition) is 2. The molecule has 4 N–H and O–H groups in total. The minimum Gasteiger partial charge on any atom is -0.468 e. The van der Waals surface area contributed by atoms with Crippen molar-refractivity contribution in [2.75, 3.05) is 13.7 Å². The molecule has 0 saturated heterocycles. The Kier molecular flexibility index (Phi) is 8.29. The number of benzene rings is 1. The number of carbonyl (C=O) groups excluding carboxylic acids is 2. The summed E-state index contributed by atoms with van der Waals surface area (Å²) in [5.41, 5.74) is 12.1. The van der Waals surface area contributed by atoms with Gasteiger partial charge in [-0.1, -0.05) is 19.1 Å². The van der Waals surface area contributed by atoms with E-state index in [2.05, 4.69) is 11.7 Å². The molecule has 0 aliphatic rings. The van der Waals surface area contributed by atoms with E-state index in [1.54, 1.807) is 24.3 Å². The second-order valence-corrected chi connectivity index (χ2v) is 5.68. The number of nitrogens with two attached hydrogens (primary N) is 2. The molecule has 6 heteroatoms. The van der Waals surface area contributed by atoms with Crippen molar-refractivity contribution in [3.05, 3.63) is 29.8 Å². The zero-order chi connectivity index (χ0) is 17.2. The van der Waals surface area contributed by atoms with Gasteiger partial charge in [0.05, 0.1) is 7.11 Å². The highest BCUT2D eigenvalue weighted by atomic mass is 16.5. The lowest BCUT2D eigenvalue weighted by atomic mass is 10.0. The van der Waals surface area contributed by atoms with Crippen molar-refractivity contribution < 1.29 is 19.1 Å². The topological polar surface area (TPSA) is 105 Å². The first-order chi connectivity index (χ1) is 11.0. The molecule has 0 spiro atoms. The Hall–Kier alpha value is -1.92. The summed E-state index contributed by atoms with van der Waals surface area (Å²) < 4.78 is 9.85. The molecule has 1 unspecified atom stereocenters. The lowest BCUT2D eigenvalue weighted by Gasteiger charge is -2.10. The summed E-state index contributed by atoms with van der Waals surface area (Å²) in [6.45, 7) is 2.69. The summed E-state index contributed by atoms with van der Waals surface area (Å²) in [6, 6.07) is 6.25. The molecule has 0 radical (unpaired) electrons. The highest BCUT2D eigenvalue weighted by Gasteiger charge is 2.14. The third-order valence-electron chi connectivity index (χ3n) is 3.59. The summed E-state index contributed by atoms with van der Waals surface area (Å²) in [7, 11) is 1.30. The predicted molar refractivity (Wildman–Crippen MR) is 87.8 cm³/mol. The molecule has 128 valence electrons. The van der Waals surface area contributed by atoms with Crippen LogP contribution in [0.2, 0.25) is 0 Å². The van der Waals surface area contributed by atoms with Crippen LogP contribution in [0.3, 0.4) is 0 Å². The maximum Gasteiger partial charge on any atom is 0.322 e. The zero-order valence-corrected chi connectivity index (χ0v) is 13.8. The fourth-order valence-electron chi connectivity index (χ4n) is 2.08. The van der Waals surface area contributed by atoms with E-state index in [-0.39, 0.29) is 5.97 Å². The predicted octanol–water partition coefficient (Wildman–Crippen LogP) is 1.40. The molecule has 0 saturated carbocycles. The van der Waals surface area contributed by atoms with Gasteiger partial charge in [0.15, 0.2) is 0 Å². The quantitative estimate of drug-likeness (QED) is 0.526. The first-order valence-electron chi connectivity index (χ1n) is 7.79. The molecule has 2 atom stereocenters. The maximum absolute atomic E-state index is 11.7. The molecular formula is C17H26N2O4. The Labute approximate surface area is 137 Å². The van der Waals surface area contributed by atoms with Crippen LogP contribution in [0.4, 0.5) is 0 Å². The van der Waals surface area contributed by atoms with E-state index in [1.165, 1.54) is 7.11 Å². The Bertz CT molecular complexity index is 502. The van der Waals surface area contributed by atoms with E-state index in [9.17, 15) is 9.59 Å². The number of carbonyl (C=O) groups is 2. The van der Waals surface area contributed by atoms with Crippen molar-refractivity contribution in [1.29, 1.82) is 0 Å². The molecule has 1 aromatic rings. The minimum absolute atomic E-state index is 0.256. The first-order valence-corrected chi connectivity index (χ1v) is 7.79. The molecule has 0 aliphatic heterocycles. The lowest BCUT2D eigenvalue weighted by molar-refractivity contribution is -0.142. The monoisotopic (exact) mass is 322 g/mol. The zero-order valence-electron chi connectivity index (χ0n) is 13.8. The van der Waals surface area contributed by atoms with E-state index in [0.29, 0.717) is 31.1 Å². The van der Waals surface area contributed by atoms with Gasteiger partial charge in [0.25, 0.3) is 0 Å². The minimum atomic E-state index is -0.696. The van der Waals surface area contributed by atoms with Gasteiger partial charge in [0.2, 0.25) is 0 Å². The van der Waals surface area contributed by atoms with Crippen LogP contribution < -0.4 is 16.2 Å². The Balaban J connectivity index is 2.41. The summed E-state index contributed by atoms with van der Waals surface area (Å²) in [6.07, 6.45) is 2.43. The van der Waals surface area contributed by atoms with Crippen molar-refractivity contribution in [2.24, 2.45) is 17.4 Å². The summed E-state index contributed by atoms with van der Waals surface area (Å²) >= 11 is 0. The first kappa shape index (κ1) is 19.1. The summed E-state index contributed by atoms with van der Waals surface area (Å²) in [5, 5.41) is 0. The van der Waals surface area contributed by atoms with E-state index >= 15 is 0 Å². The normalized spacial score (nSPS) is 13.2. The highest BCUT2D eigenvalue weighted by Crippen LogP contribution is 2.15. The highest BCUT2D eigenvalue weighted by molar-refractivity contribution is 5.75. The third kappa shape index (κ3) is 7.25. The van der Waals surface area contributed by atoms with E-state index < -0.39 is 12.0 Å². The number of methoxy groups -OCH3 is 1. The van der Waals surface area contributed by atoms with Crippen LogP contribution in [0.1, 0.15) is 31.7 Å². The number of hydrogen-bond acceptors (Lipinski definition) is 6. The van der Waals surface area contributed by atoms with Crippen LogP contribution in [0.5, 0.6) is 5.75 Å². The van der Waals surface area contributed by atoms with Crippen LogP contribution in [0.15, 0.2) is 24.3 Å². The standard InChI is InChI=1S/C17H26N2O4/c1-12(11-18)4-3-5-16(20)23-14-8-6-13(7-9-14)10-15(19)17(21)22-2/h6-9,12,15H,3-5,10-11,18-19H2,1-2H3/t12?,15-/m0/s1. The van der Waals surface area contributed by atoms with E-state index in [4.69, 9.17) is 16.2 Å². The van der Waals surface area contributed by atoms with Crippen molar-refractivity contribution in [1.82, 2.24) is 0 Å². The van der Waals surface area contributed by atoms with Gasteiger partial charge in [-0.3, -0.25) is 9.59 Å². The van der Waals surface area contributed by atoms with E-state index in [0.717, 1.165) is 18.4 Å². The van der Waals surface area contributed by atoms with Gasteiger partial charge in [-0.05, 0) is 49.4 Å².